The lowest BCUT2D eigenvalue weighted by molar-refractivity contribution is -0.186. The Morgan fingerprint density at radius 2 is 1.06 bits per heavy atom. The molecule has 5 rings (SSSR count). The van der Waals surface area contributed by atoms with Crippen molar-refractivity contribution in [3.8, 4) is 0 Å². The van der Waals surface area contributed by atoms with Crippen LogP contribution in [0.3, 0.4) is 0 Å². The molecule has 2 heterocycles. The van der Waals surface area contributed by atoms with Crippen molar-refractivity contribution in [3.05, 3.63) is 0 Å². The number of carbonyl (C=O) groups excluding carboxylic acids is 2. The van der Waals surface area contributed by atoms with E-state index in [0.29, 0.717) is 37.3 Å². The standard InChI is InChI=1S/C26H40O8/c1-15(31-25(27)19-7-9-21-23(11-19)33-21)29-13-17-3-5-18(6-4-17)14-30-16(2)32-26(28)20-8-10-22-24(12-20)34-22/h15-24H,3-14H2,1-2H3. The minimum absolute atomic E-state index is 0.0471. The third-order valence-electron chi connectivity index (χ3n) is 8.34. The van der Waals surface area contributed by atoms with Crippen molar-refractivity contribution in [1.29, 1.82) is 0 Å². The Morgan fingerprint density at radius 1 is 0.647 bits per heavy atom. The number of esters is 2. The Hall–Kier alpha value is -1.22. The quantitative estimate of drug-likeness (QED) is 0.265. The fourth-order valence-corrected chi connectivity index (χ4v) is 5.93. The molecule has 8 unspecified atom stereocenters. The molecule has 5 fully saturated rings. The zero-order valence-corrected chi connectivity index (χ0v) is 20.5. The molecule has 0 aromatic heterocycles. The van der Waals surface area contributed by atoms with E-state index in [0.717, 1.165) is 64.2 Å². The monoisotopic (exact) mass is 480 g/mol. The van der Waals surface area contributed by atoms with E-state index >= 15 is 0 Å². The van der Waals surface area contributed by atoms with Crippen LogP contribution in [0.25, 0.3) is 0 Å². The van der Waals surface area contributed by atoms with Gasteiger partial charge < -0.3 is 28.4 Å². The highest BCUT2D eigenvalue weighted by molar-refractivity contribution is 5.73. The predicted octanol–water partition coefficient (Wildman–Crippen LogP) is 3.74. The first-order chi connectivity index (χ1) is 16.4. The maximum absolute atomic E-state index is 12.4. The molecule has 3 saturated carbocycles. The van der Waals surface area contributed by atoms with Gasteiger partial charge in [0.1, 0.15) is 0 Å². The molecule has 5 aliphatic rings. The molecule has 0 amide bonds. The van der Waals surface area contributed by atoms with Crippen molar-refractivity contribution < 1.29 is 38.0 Å². The number of ether oxygens (including phenoxy) is 6. The second-order valence-corrected chi connectivity index (χ2v) is 11.0. The van der Waals surface area contributed by atoms with Gasteiger partial charge in [-0.2, -0.15) is 0 Å². The molecule has 2 aliphatic heterocycles. The fourth-order valence-electron chi connectivity index (χ4n) is 5.93. The van der Waals surface area contributed by atoms with Crippen LogP contribution in [0.4, 0.5) is 0 Å². The summed E-state index contributed by atoms with van der Waals surface area (Å²) >= 11 is 0. The van der Waals surface area contributed by atoms with Gasteiger partial charge in [0.15, 0.2) is 12.6 Å². The van der Waals surface area contributed by atoms with Gasteiger partial charge in [-0.25, -0.2) is 0 Å². The predicted molar refractivity (Wildman–Crippen MR) is 120 cm³/mol. The van der Waals surface area contributed by atoms with Crippen LogP contribution in [0, 0.1) is 23.7 Å². The van der Waals surface area contributed by atoms with Crippen molar-refractivity contribution in [2.75, 3.05) is 13.2 Å². The Labute approximate surface area is 202 Å². The maximum Gasteiger partial charge on any atom is 0.311 e. The molecule has 0 spiro atoms. The summed E-state index contributed by atoms with van der Waals surface area (Å²) in [7, 11) is 0. The minimum atomic E-state index is -0.511. The first-order valence-corrected chi connectivity index (χ1v) is 13.4. The Balaban J connectivity index is 0.913. The highest BCUT2D eigenvalue weighted by Crippen LogP contribution is 2.41. The highest BCUT2D eigenvalue weighted by Gasteiger charge is 2.47. The highest BCUT2D eigenvalue weighted by atomic mass is 16.7. The van der Waals surface area contributed by atoms with Crippen LogP contribution in [0.2, 0.25) is 0 Å². The van der Waals surface area contributed by atoms with E-state index in [1.54, 1.807) is 0 Å². The largest absolute Gasteiger partial charge is 0.436 e. The summed E-state index contributed by atoms with van der Waals surface area (Å²) in [6, 6.07) is 0. The fraction of sp³-hybridized carbons (Fsp3) is 0.923. The molecule has 34 heavy (non-hydrogen) atoms. The van der Waals surface area contributed by atoms with E-state index in [4.69, 9.17) is 28.4 Å². The third-order valence-corrected chi connectivity index (χ3v) is 8.34. The summed E-state index contributed by atoms with van der Waals surface area (Å²) in [5.74, 6) is 0.560. The van der Waals surface area contributed by atoms with Gasteiger partial charge in [-0.3, -0.25) is 9.59 Å². The minimum Gasteiger partial charge on any atom is -0.436 e. The van der Waals surface area contributed by atoms with Crippen molar-refractivity contribution in [3.63, 3.8) is 0 Å². The van der Waals surface area contributed by atoms with Gasteiger partial charge in [-0.1, -0.05) is 0 Å². The molecule has 8 atom stereocenters. The van der Waals surface area contributed by atoms with Crippen LogP contribution in [0.1, 0.15) is 78.1 Å². The first-order valence-electron chi connectivity index (χ1n) is 13.4. The summed E-state index contributed by atoms with van der Waals surface area (Å²) in [4.78, 5) is 24.7. The molecule has 0 radical (unpaired) electrons. The number of hydrogen-bond donors (Lipinski definition) is 0. The van der Waals surface area contributed by atoms with Gasteiger partial charge in [0, 0.05) is 0 Å². The molecule has 3 aliphatic carbocycles. The van der Waals surface area contributed by atoms with E-state index in [1.165, 1.54) is 0 Å². The van der Waals surface area contributed by atoms with Crippen LogP contribution in [0.15, 0.2) is 0 Å². The normalized spacial score (nSPS) is 40.3. The zero-order valence-electron chi connectivity index (χ0n) is 20.5. The molecule has 0 aromatic rings. The van der Waals surface area contributed by atoms with E-state index in [9.17, 15) is 9.59 Å². The van der Waals surface area contributed by atoms with Crippen LogP contribution in [0.5, 0.6) is 0 Å². The average molecular weight is 481 g/mol. The van der Waals surface area contributed by atoms with Crippen molar-refractivity contribution in [2.45, 2.75) is 115 Å². The average Bonchev–Trinajstić information content (AvgIpc) is 3.75. The molecule has 0 bridgehead atoms. The zero-order chi connectivity index (χ0) is 23.7. The Bertz CT molecular complexity index is 660. The van der Waals surface area contributed by atoms with E-state index in [1.807, 2.05) is 13.8 Å². The van der Waals surface area contributed by atoms with Gasteiger partial charge in [-0.05, 0) is 89.9 Å². The molecule has 2 saturated heterocycles. The SMILES string of the molecule is CC(OCC1CCC(COC(C)OC(=O)C2CCC3OC3C2)CC1)OC(=O)C1CCC2OC2C1. The van der Waals surface area contributed by atoms with Gasteiger partial charge in [0.05, 0.1) is 49.5 Å². The number of rotatable bonds is 10. The Kier molecular flexibility index (Phi) is 7.78. The molecule has 8 heteroatoms. The van der Waals surface area contributed by atoms with Crippen LogP contribution >= 0.6 is 0 Å². The van der Waals surface area contributed by atoms with Gasteiger partial charge >= 0.3 is 11.9 Å². The molecular weight excluding hydrogens is 440 g/mol. The van der Waals surface area contributed by atoms with Crippen LogP contribution < -0.4 is 0 Å². The topological polar surface area (TPSA) is 96.1 Å². The molecule has 8 nitrogen and oxygen atoms in total. The summed E-state index contributed by atoms with van der Waals surface area (Å²) in [5.41, 5.74) is 0. The van der Waals surface area contributed by atoms with Gasteiger partial charge in [0.25, 0.3) is 0 Å². The van der Waals surface area contributed by atoms with Crippen molar-refractivity contribution in [2.24, 2.45) is 23.7 Å². The summed E-state index contributed by atoms with van der Waals surface area (Å²) in [6.45, 7) is 4.84. The first kappa shape index (κ1) is 24.5. The van der Waals surface area contributed by atoms with Gasteiger partial charge in [-0.15, -0.1) is 0 Å². The lowest BCUT2D eigenvalue weighted by Gasteiger charge is -2.30. The third kappa shape index (κ3) is 6.50. The molecule has 0 aromatic carbocycles. The van der Waals surface area contributed by atoms with Crippen molar-refractivity contribution in [1.82, 2.24) is 0 Å². The number of fused-ring (bicyclic) bond motifs is 2. The summed E-state index contributed by atoms with van der Waals surface area (Å²) in [5, 5.41) is 0. The second-order valence-electron chi connectivity index (χ2n) is 11.0. The molecular formula is C26H40O8. The molecule has 0 N–H and O–H groups in total. The van der Waals surface area contributed by atoms with E-state index in [2.05, 4.69) is 0 Å². The number of hydrogen-bond acceptors (Lipinski definition) is 8. The summed E-state index contributed by atoms with van der Waals surface area (Å²) in [6.07, 6.45) is 9.77. The lowest BCUT2D eigenvalue weighted by atomic mass is 9.83. The lowest BCUT2D eigenvalue weighted by Crippen LogP contribution is -2.30. The number of epoxide rings is 2. The van der Waals surface area contributed by atoms with Crippen LogP contribution in [-0.2, 0) is 38.0 Å². The Morgan fingerprint density at radius 3 is 1.44 bits per heavy atom. The number of carbonyl (C=O) groups is 2. The maximum atomic E-state index is 12.4. The molecule has 192 valence electrons. The smallest absolute Gasteiger partial charge is 0.311 e. The second kappa shape index (κ2) is 10.8. The van der Waals surface area contributed by atoms with E-state index < -0.39 is 12.6 Å². The summed E-state index contributed by atoms with van der Waals surface area (Å²) < 4.78 is 33.8. The van der Waals surface area contributed by atoms with Crippen molar-refractivity contribution >= 4 is 11.9 Å². The van der Waals surface area contributed by atoms with E-state index in [-0.39, 0.29) is 36.0 Å². The van der Waals surface area contributed by atoms with Gasteiger partial charge in [0.2, 0.25) is 0 Å². The van der Waals surface area contributed by atoms with Crippen LogP contribution in [-0.4, -0.2) is 62.1 Å².